The number of carbonyl (C=O) groups is 1. The Morgan fingerprint density at radius 3 is 2.79 bits per heavy atom. The molecule has 0 bridgehead atoms. The van der Waals surface area contributed by atoms with Gasteiger partial charge in [-0.3, -0.25) is 4.79 Å². The van der Waals surface area contributed by atoms with Crippen LogP contribution in [0, 0.1) is 0 Å². The molecular formula is C24H26N2O3. The summed E-state index contributed by atoms with van der Waals surface area (Å²) in [5.41, 5.74) is 4.55. The number of methoxy groups -OCH3 is 1. The van der Waals surface area contributed by atoms with E-state index in [0.717, 1.165) is 29.7 Å². The van der Waals surface area contributed by atoms with Crippen LogP contribution in [0.1, 0.15) is 53.9 Å². The molecule has 1 aromatic heterocycles. The molecule has 2 aromatic carbocycles. The number of allylic oxidation sites excluding steroid dienone is 1. The summed E-state index contributed by atoms with van der Waals surface area (Å²) < 4.78 is 11.1. The van der Waals surface area contributed by atoms with Crippen LogP contribution in [0.5, 0.6) is 5.75 Å². The van der Waals surface area contributed by atoms with Crippen LogP contribution in [0.25, 0.3) is 11.1 Å². The number of carbonyl (C=O) groups excluding carboxylic acids is 1. The highest BCUT2D eigenvalue weighted by Gasteiger charge is 2.12. The van der Waals surface area contributed by atoms with Crippen molar-refractivity contribution >= 4 is 17.0 Å². The van der Waals surface area contributed by atoms with Gasteiger partial charge in [0, 0.05) is 18.5 Å². The van der Waals surface area contributed by atoms with Gasteiger partial charge in [0.25, 0.3) is 5.91 Å². The van der Waals surface area contributed by atoms with E-state index in [1.807, 2.05) is 30.3 Å². The zero-order chi connectivity index (χ0) is 20.1. The molecule has 1 heterocycles. The Bertz CT molecular complexity index is 1020. The van der Waals surface area contributed by atoms with E-state index in [2.05, 4.69) is 16.4 Å². The summed E-state index contributed by atoms with van der Waals surface area (Å²) >= 11 is 0. The van der Waals surface area contributed by atoms with Gasteiger partial charge in [-0.15, -0.1) is 0 Å². The van der Waals surface area contributed by atoms with Gasteiger partial charge in [0.1, 0.15) is 11.3 Å². The van der Waals surface area contributed by atoms with E-state index in [9.17, 15) is 4.79 Å². The van der Waals surface area contributed by atoms with Gasteiger partial charge in [0.2, 0.25) is 0 Å². The zero-order valence-electron chi connectivity index (χ0n) is 16.7. The number of fused-ring (bicyclic) bond motifs is 1. The first-order valence-corrected chi connectivity index (χ1v) is 10.2. The second kappa shape index (κ2) is 8.95. The van der Waals surface area contributed by atoms with E-state index in [-0.39, 0.29) is 5.91 Å². The second-order valence-electron chi connectivity index (χ2n) is 7.43. The van der Waals surface area contributed by atoms with Crippen molar-refractivity contribution in [3.05, 3.63) is 71.1 Å². The summed E-state index contributed by atoms with van der Waals surface area (Å²) in [6.07, 6.45) is 8.73. The minimum Gasteiger partial charge on any atom is -0.497 e. The largest absolute Gasteiger partial charge is 0.497 e. The van der Waals surface area contributed by atoms with Crippen molar-refractivity contribution in [2.45, 2.75) is 38.5 Å². The minimum absolute atomic E-state index is 0.0728. The number of rotatable bonds is 7. The number of amides is 1. The van der Waals surface area contributed by atoms with E-state index >= 15 is 0 Å². The predicted octanol–water partition coefficient (Wildman–Crippen LogP) is 5.05. The highest BCUT2D eigenvalue weighted by atomic mass is 16.5. The lowest BCUT2D eigenvalue weighted by Gasteiger charge is -2.12. The lowest BCUT2D eigenvalue weighted by molar-refractivity contribution is 0.0954. The van der Waals surface area contributed by atoms with Crippen molar-refractivity contribution in [2.24, 2.45) is 0 Å². The third-order valence-corrected chi connectivity index (χ3v) is 5.33. The summed E-state index contributed by atoms with van der Waals surface area (Å²) in [6, 6.07) is 13.2. The van der Waals surface area contributed by atoms with Gasteiger partial charge >= 0.3 is 0 Å². The second-order valence-corrected chi connectivity index (χ2v) is 7.43. The van der Waals surface area contributed by atoms with Gasteiger partial charge in [-0.25, -0.2) is 4.98 Å². The molecule has 3 aromatic rings. The standard InChI is InChI=1S/C24H26N2O3/c1-28-20-10-7-18(8-11-20)15-23-26-21-12-9-19(16-22(21)29-23)24(27)25-14-13-17-5-3-2-4-6-17/h5,7-12,16H,2-4,6,13-15H2,1H3,(H,25,27). The van der Waals surface area contributed by atoms with Crippen LogP contribution in [0.15, 0.2) is 58.5 Å². The topological polar surface area (TPSA) is 64.4 Å². The average Bonchev–Trinajstić information content (AvgIpc) is 3.16. The first-order chi connectivity index (χ1) is 14.2. The van der Waals surface area contributed by atoms with Gasteiger partial charge in [0.05, 0.1) is 7.11 Å². The van der Waals surface area contributed by atoms with Crippen LogP contribution in [-0.4, -0.2) is 24.5 Å². The molecule has 1 amide bonds. The van der Waals surface area contributed by atoms with Gasteiger partial charge in [-0.1, -0.05) is 23.8 Å². The van der Waals surface area contributed by atoms with Crippen LogP contribution in [-0.2, 0) is 6.42 Å². The van der Waals surface area contributed by atoms with Crippen molar-refractivity contribution in [1.82, 2.24) is 10.3 Å². The normalized spacial score (nSPS) is 13.9. The first kappa shape index (κ1) is 19.2. The molecule has 1 N–H and O–H groups in total. The Morgan fingerprint density at radius 2 is 2.03 bits per heavy atom. The molecule has 29 heavy (non-hydrogen) atoms. The number of benzene rings is 2. The van der Waals surface area contributed by atoms with E-state index in [1.54, 1.807) is 19.2 Å². The van der Waals surface area contributed by atoms with Gasteiger partial charge in [-0.05, 0) is 68.0 Å². The van der Waals surface area contributed by atoms with E-state index in [1.165, 1.54) is 24.8 Å². The van der Waals surface area contributed by atoms with Crippen LogP contribution >= 0.6 is 0 Å². The maximum atomic E-state index is 12.5. The molecule has 0 aliphatic heterocycles. The van der Waals surface area contributed by atoms with E-state index in [0.29, 0.717) is 30.0 Å². The van der Waals surface area contributed by atoms with Crippen LogP contribution < -0.4 is 10.1 Å². The third-order valence-electron chi connectivity index (χ3n) is 5.33. The van der Waals surface area contributed by atoms with Crippen molar-refractivity contribution in [2.75, 3.05) is 13.7 Å². The number of nitrogens with one attached hydrogen (secondary N) is 1. The molecule has 5 nitrogen and oxygen atoms in total. The van der Waals surface area contributed by atoms with Gasteiger partial charge < -0.3 is 14.5 Å². The fourth-order valence-corrected chi connectivity index (χ4v) is 3.68. The van der Waals surface area contributed by atoms with Crippen LogP contribution in [0.3, 0.4) is 0 Å². The molecule has 0 saturated heterocycles. The monoisotopic (exact) mass is 390 g/mol. The van der Waals surface area contributed by atoms with Crippen molar-refractivity contribution in [1.29, 1.82) is 0 Å². The summed E-state index contributed by atoms with van der Waals surface area (Å²) in [7, 11) is 1.65. The van der Waals surface area contributed by atoms with Crippen molar-refractivity contribution in [3.63, 3.8) is 0 Å². The third kappa shape index (κ3) is 4.86. The van der Waals surface area contributed by atoms with Crippen LogP contribution in [0.2, 0.25) is 0 Å². The van der Waals surface area contributed by atoms with Crippen LogP contribution in [0.4, 0.5) is 0 Å². The zero-order valence-corrected chi connectivity index (χ0v) is 16.7. The summed E-state index contributed by atoms with van der Waals surface area (Å²) in [4.78, 5) is 17.0. The molecule has 0 atom stereocenters. The number of hydrogen-bond donors (Lipinski definition) is 1. The smallest absolute Gasteiger partial charge is 0.251 e. The van der Waals surface area contributed by atoms with Gasteiger partial charge in [-0.2, -0.15) is 0 Å². The Kier molecular flexibility index (Phi) is 5.94. The summed E-state index contributed by atoms with van der Waals surface area (Å²) in [6.45, 7) is 0.668. The molecule has 0 unspecified atom stereocenters. The average molecular weight is 390 g/mol. The number of oxazole rings is 1. The van der Waals surface area contributed by atoms with Crippen molar-refractivity contribution < 1.29 is 13.9 Å². The molecule has 0 saturated carbocycles. The molecule has 0 spiro atoms. The van der Waals surface area contributed by atoms with E-state index < -0.39 is 0 Å². The number of nitrogens with zero attached hydrogens (tertiary/aromatic N) is 1. The SMILES string of the molecule is COc1ccc(Cc2nc3ccc(C(=O)NCCC4=CCCCC4)cc3o2)cc1. The lowest BCUT2D eigenvalue weighted by atomic mass is 9.97. The molecule has 1 aliphatic rings. The number of ether oxygens (including phenoxy) is 1. The highest BCUT2D eigenvalue weighted by Crippen LogP contribution is 2.21. The first-order valence-electron chi connectivity index (χ1n) is 10.2. The highest BCUT2D eigenvalue weighted by molar-refractivity contribution is 5.97. The fraction of sp³-hybridized carbons (Fsp3) is 0.333. The molecule has 1 aliphatic carbocycles. The molecule has 4 rings (SSSR count). The number of aromatic nitrogens is 1. The molecular weight excluding hydrogens is 364 g/mol. The molecule has 5 heteroatoms. The van der Waals surface area contributed by atoms with E-state index in [4.69, 9.17) is 9.15 Å². The maximum Gasteiger partial charge on any atom is 0.251 e. The molecule has 0 fully saturated rings. The fourth-order valence-electron chi connectivity index (χ4n) is 3.68. The Hall–Kier alpha value is -3.08. The van der Waals surface area contributed by atoms with Crippen molar-refractivity contribution in [3.8, 4) is 5.75 Å². The Balaban J connectivity index is 1.39. The minimum atomic E-state index is -0.0728. The Morgan fingerprint density at radius 1 is 1.17 bits per heavy atom. The molecule has 0 radical (unpaired) electrons. The lowest BCUT2D eigenvalue weighted by Crippen LogP contribution is -2.24. The maximum absolute atomic E-state index is 12.5. The summed E-state index contributed by atoms with van der Waals surface area (Å²) in [5, 5.41) is 3.01. The predicted molar refractivity (Wildman–Crippen MR) is 113 cm³/mol. The molecule has 150 valence electrons. The summed E-state index contributed by atoms with van der Waals surface area (Å²) in [5.74, 6) is 1.38. The quantitative estimate of drug-likeness (QED) is 0.574. The Labute approximate surface area is 170 Å². The number of hydrogen-bond acceptors (Lipinski definition) is 4. The van der Waals surface area contributed by atoms with Gasteiger partial charge in [0.15, 0.2) is 11.5 Å².